The number of rotatable bonds is 1. The molecular formula is C11H20N2O2S. The molecule has 0 bridgehead atoms. The summed E-state index contributed by atoms with van der Waals surface area (Å²) >= 11 is 1.94. The number of hydrogen-bond donors (Lipinski definition) is 2. The highest BCUT2D eigenvalue weighted by Gasteiger charge is 2.34. The van der Waals surface area contributed by atoms with E-state index in [1.165, 1.54) is 0 Å². The monoisotopic (exact) mass is 244 g/mol. The molecule has 4 nitrogen and oxygen atoms in total. The number of β-amino-alcohol motifs (C(OH)–C–C–N with tert-alkyl or cyclic N) is 1. The van der Waals surface area contributed by atoms with E-state index in [0.717, 1.165) is 13.1 Å². The molecule has 1 amide bonds. The van der Waals surface area contributed by atoms with Gasteiger partial charge in [0.1, 0.15) is 0 Å². The summed E-state index contributed by atoms with van der Waals surface area (Å²) in [7, 11) is 0. The first-order valence-corrected chi connectivity index (χ1v) is 6.86. The molecule has 5 heteroatoms. The number of amides is 1. The molecule has 2 N–H and O–H groups in total. The highest BCUT2D eigenvalue weighted by Crippen LogP contribution is 2.25. The number of hydrogen-bond acceptors (Lipinski definition) is 4. The standard InChI is InChI=1S/C11H20N2O2S/c1-7-5-13(6-8(2)16-7)11(15)10-3-9(14)4-12-10/h7-10,12,14H,3-6H2,1-2H3. The molecule has 0 aromatic carbocycles. The van der Waals surface area contributed by atoms with E-state index < -0.39 is 0 Å². The van der Waals surface area contributed by atoms with Crippen molar-refractivity contribution in [2.75, 3.05) is 19.6 Å². The van der Waals surface area contributed by atoms with E-state index in [4.69, 9.17) is 0 Å². The Morgan fingerprint density at radius 3 is 2.50 bits per heavy atom. The van der Waals surface area contributed by atoms with E-state index in [-0.39, 0.29) is 18.1 Å². The average Bonchev–Trinajstić information content (AvgIpc) is 2.62. The van der Waals surface area contributed by atoms with Crippen LogP contribution in [-0.2, 0) is 4.79 Å². The topological polar surface area (TPSA) is 52.6 Å². The van der Waals surface area contributed by atoms with Crippen LogP contribution in [0.4, 0.5) is 0 Å². The number of carbonyl (C=O) groups excluding carboxylic acids is 1. The summed E-state index contributed by atoms with van der Waals surface area (Å²) in [5.74, 6) is 0.163. The molecule has 16 heavy (non-hydrogen) atoms. The predicted octanol–water partition coefficient (Wildman–Crippen LogP) is 0.0616. The normalized spacial score (nSPS) is 40.1. The van der Waals surface area contributed by atoms with Crippen molar-refractivity contribution in [2.45, 2.75) is 42.9 Å². The summed E-state index contributed by atoms with van der Waals surface area (Å²) in [5, 5.41) is 13.5. The van der Waals surface area contributed by atoms with Gasteiger partial charge in [0, 0.05) is 30.1 Å². The number of aliphatic hydroxyl groups excluding tert-OH is 1. The summed E-state index contributed by atoms with van der Waals surface area (Å²) in [6.07, 6.45) is 0.202. The van der Waals surface area contributed by atoms with Crippen LogP contribution in [0, 0.1) is 0 Å². The van der Waals surface area contributed by atoms with Crippen molar-refractivity contribution in [3.8, 4) is 0 Å². The Balaban J connectivity index is 1.93. The van der Waals surface area contributed by atoms with Gasteiger partial charge in [-0.3, -0.25) is 4.79 Å². The van der Waals surface area contributed by atoms with E-state index in [9.17, 15) is 9.90 Å². The van der Waals surface area contributed by atoms with Gasteiger partial charge < -0.3 is 15.3 Å². The molecule has 0 saturated carbocycles. The van der Waals surface area contributed by atoms with Gasteiger partial charge in [0.05, 0.1) is 12.1 Å². The Bertz CT molecular complexity index is 265. The maximum absolute atomic E-state index is 12.2. The molecule has 2 fully saturated rings. The molecule has 2 aliphatic rings. The van der Waals surface area contributed by atoms with Gasteiger partial charge in [-0.25, -0.2) is 0 Å². The van der Waals surface area contributed by atoms with Gasteiger partial charge in [0.15, 0.2) is 0 Å². The Morgan fingerprint density at radius 1 is 1.38 bits per heavy atom. The molecule has 2 heterocycles. The summed E-state index contributed by atoms with van der Waals surface area (Å²) in [6.45, 7) is 6.55. The van der Waals surface area contributed by atoms with Gasteiger partial charge in [-0.15, -0.1) is 0 Å². The molecule has 4 atom stereocenters. The van der Waals surface area contributed by atoms with E-state index >= 15 is 0 Å². The summed E-state index contributed by atoms with van der Waals surface area (Å²) in [6, 6.07) is -0.169. The van der Waals surface area contributed by atoms with Crippen molar-refractivity contribution in [2.24, 2.45) is 0 Å². The number of aliphatic hydroxyl groups is 1. The van der Waals surface area contributed by atoms with Crippen molar-refractivity contribution in [1.82, 2.24) is 10.2 Å². The fourth-order valence-corrected chi connectivity index (χ4v) is 3.81. The first kappa shape index (κ1) is 12.2. The highest BCUT2D eigenvalue weighted by atomic mass is 32.2. The van der Waals surface area contributed by atoms with Gasteiger partial charge in [-0.2, -0.15) is 11.8 Å². The minimum absolute atomic E-state index is 0.163. The second-order valence-corrected chi connectivity index (χ2v) is 6.73. The highest BCUT2D eigenvalue weighted by molar-refractivity contribution is 8.00. The van der Waals surface area contributed by atoms with E-state index in [0.29, 0.717) is 23.5 Å². The van der Waals surface area contributed by atoms with Gasteiger partial charge in [0.2, 0.25) is 5.91 Å². The van der Waals surface area contributed by atoms with Gasteiger partial charge in [0.25, 0.3) is 0 Å². The van der Waals surface area contributed by atoms with Crippen LogP contribution in [0.25, 0.3) is 0 Å². The largest absolute Gasteiger partial charge is 0.392 e. The third kappa shape index (κ3) is 2.70. The molecule has 0 aromatic rings. The molecule has 2 rings (SSSR count). The third-order valence-electron chi connectivity index (χ3n) is 3.14. The molecule has 2 aliphatic heterocycles. The zero-order valence-corrected chi connectivity index (χ0v) is 10.7. The van der Waals surface area contributed by atoms with Gasteiger partial charge >= 0.3 is 0 Å². The minimum atomic E-state index is -0.358. The van der Waals surface area contributed by atoms with E-state index in [2.05, 4.69) is 19.2 Å². The second kappa shape index (κ2) is 4.94. The lowest BCUT2D eigenvalue weighted by molar-refractivity contribution is -0.133. The maximum Gasteiger partial charge on any atom is 0.239 e. The van der Waals surface area contributed by atoms with E-state index in [1.807, 2.05) is 16.7 Å². The molecule has 0 aliphatic carbocycles. The number of thioether (sulfide) groups is 1. The summed E-state index contributed by atoms with van der Waals surface area (Å²) in [5.41, 5.74) is 0. The number of nitrogens with zero attached hydrogens (tertiary/aromatic N) is 1. The third-order valence-corrected chi connectivity index (χ3v) is 4.36. The SMILES string of the molecule is CC1CN(C(=O)C2CC(O)CN2)CC(C)S1. The lowest BCUT2D eigenvalue weighted by Crippen LogP contribution is -2.50. The Hall–Kier alpha value is -0.260. The van der Waals surface area contributed by atoms with Crippen molar-refractivity contribution >= 4 is 17.7 Å². The molecule has 0 radical (unpaired) electrons. The van der Waals surface area contributed by atoms with Crippen LogP contribution in [0.15, 0.2) is 0 Å². The second-order valence-electron chi connectivity index (χ2n) is 4.85. The van der Waals surface area contributed by atoms with Crippen molar-refractivity contribution in [1.29, 1.82) is 0 Å². The molecule has 4 unspecified atom stereocenters. The zero-order valence-electron chi connectivity index (χ0n) is 9.85. The van der Waals surface area contributed by atoms with Crippen molar-refractivity contribution in [3.05, 3.63) is 0 Å². The molecule has 0 spiro atoms. The van der Waals surface area contributed by atoms with Gasteiger partial charge in [-0.05, 0) is 6.42 Å². The molecule has 0 aromatic heterocycles. The number of carbonyl (C=O) groups is 1. The zero-order chi connectivity index (χ0) is 11.7. The van der Waals surface area contributed by atoms with Crippen molar-refractivity contribution < 1.29 is 9.90 Å². The van der Waals surface area contributed by atoms with Crippen LogP contribution in [0.2, 0.25) is 0 Å². The number of nitrogens with one attached hydrogen (secondary N) is 1. The quantitative estimate of drug-likeness (QED) is 0.685. The fourth-order valence-electron chi connectivity index (χ4n) is 2.48. The lowest BCUT2D eigenvalue weighted by Gasteiger charge is -2.36. The van der Waals surface area contributed by atoms with Crippen LogP contribution in [0.5, 0.6) is 0 Å². The predicted molar refractivity (Wildman–Crippen MR) is 65.5 cm³/mol. The summed E-state index contributed by atoms with van der Waals surface area (Å²) < 4.78 is 0. The van der Waals surface area contributed by atoms with Crippen LogP contribution in [0.1, 0.15) is 20.3 Å². The Labute approximate surface area is 101 Å². The van der Waals surface area contributed by atoms with Crippen molar-refractivity contribution in [3.63, 3.8) is 0 Å². The summed E-state index contributed by atoms with van der Waals surface area (Å²) in [4.78, 5) is 14.1. The van der Waals surface area contributed by atoms with Crippen LogP contribution >= 0.6 is 11.8 Å². The Kier molecular flexibility index (Phi) is 3.77. The van der Waals surface area contributed by atoms with Crippen LogP contribution in [-0.4, -0.2) is 58.2 Å². The molecular weight excluding hydrogens is 224 g/mol. The van der Waals surface area contributed by atoms with Crippen LogP contribution < -0.4 is 5.32 Å². The first-order chi connectivity index (χ1) is 7.56. The minimum Gasteiger partial charge on any atom is -0.392 e. The molecule has 2 saturated heterocycles. The average molecular weight is 244 g/mol. The fraction of sp³-hybridized carbons (Fsp3) is 0.909. The molecule has 92 valence electrons. The first-order valence-electron chi connectivity index (χ1n) is 5.92. The van der Waals surface area contributed by atoms with Gasteiger partial charge in [-0.1, -0.05) is 13.8 Å². The van der Waals surface area contributed by atoms with Crippen LogP contribution in [0.3, 0.4) is 0 Å². The smallest absolute Gasteiger partial charge is 0.239 e. The van der Waals surface area contributed by atoms with E-state index in [1.54, 1.807) is 0 Å². The maximum atomic E-state index is 12.2. The Morgan fingerprint density at radius 2 is 2.00 bits per heavy atom. The lowest BCUT2D eigenvalue weighted by atomic mass is 10.1.